The lowest BCUT2D eigenvalue weighted by molar-refractivity contribution is -0.159. The molecule has 3 nitrogen and oxygen atoms in total. The molecule has 2 rings (SSSR count). The molecule has 1 heterocycles. The monoisotopic (exact) mass is 196 g/mol. The normalized spacial score (nSPS) is 36.1. The van der Waals surface area contributed by atoms with Gasteiger partial charge in [0, 0.05) is 0 Å². The molecular weight excluding hydrogens is 180 g/mol. The van der Waals surface area contributed by atoms with Crippen molar-refractivity contribution in [2.75, 3.05) is 0 Å². The molecule has 1 unspecified atom stereocenters. The molecule has 3 heteroatoms. The summed E-state index contributed by atoms with van der Waals surface area (Å²) in [5.41, 5.74) is -0.600. The molecule has 78 valence electrons. The minimum atomic E-state index is -0.512. The van der Waals surface area contributed by atoms with Crippen LogP contribution in [0.1, 0.15) is 46.0 Å². The molecule has 1 saturated carbocycles. The van der Waals surface area contributed by atoms with E-state index in [9.17, 15) is 9.59 Å². The zero-order valence-electron chi connectivity index (χ0n) is 8.76. The van der Waals surface area contributed by atoms with E-state index in [1.807, 2.05) is 0 Å². The van der Waals surface area contributed by atoms with Crippen LogP contribution in [-0.4, -0.2) is 11.9 Å². The van der Waals surface area contributed by atoms with Gasteiger partial charge in [0.1, 0.15) is 0 Å². The highest BCUT2D eigenvalue weighted by molar-refractivity contribution is 5.98. The Morgan fingerprint density at radius 3 is 2.29 bits per heavy atom. The molecule has 1 aliphatic heterocycles. The molecule has 1 aliphatic carbocycles. The summed E-state index contributed by atoms with van der Waals surface area (Å²) in [5, 5.41) is 0. The fourth-order valence-corrected chi connectivity index (χ4v) is 2.83. The summed E-state index contributed by atoms with van der Waals surface area (Å²) in [4.78, 5) is 22.9. The van der Waals surface area contributed by atoms with E-state index < -0.39 is 5.41 Å². The van der Waals surface area contributed by atoms with Crippen LogP contribution in [0.3, 0.4) is 0 Å². The highest BCUT2D eigenvalue weighted by Gasteiger charge is 2.58. The zero-order chi connectivity index (χ0) is 10.4. The van der Waals surface area contributed by atoms with Gasteiger partial charge in [0.25, 0.3) is 0 Å². The van der Waals surface area contributed by atoms with E-state index in [4.69, 9.17) is 4.74 Å². The largest absolute Gasteiger partial charge is 0.393 e. The first-order chi connectivity index (χ1) is 6.48. The molecule has 0 N–H and O–H groups in total. The average molecular weight is 196 g/mol. The second-order valence-electron chi connectivity index (χ2n) is 5.11. The molecule has 2 aliphatic rings. The smallest absolute Gasteiger partial charge is 0.320 e. The molecule has 0 amide bonds. The van der Waals surface area contributed by atoms with Crippen LogP contribution in [0.2, 0.25) is 0 Å². The van der Waals surface area contributed by atoms with Crippen LogP contribution in [0.4, 0.5) is 0 Å². The third-order valence-corrected chi connectivity index (χ3v) is 3.99. The topological polar surface area (TPSA) is 43.4 Å². The number of carbonyl (C=O) groups is 2. The number of rotatable bonds is 0. The van der Waals surface area contributed by atoms with E-state index >= 15 is 0 Å². The molecule has 1 saturated heterocycles. The third-order valence-electron chi connectivity index (χ3n) is 3.99. The van der Waals surface area contributed by atoms with Crippen molar-refractivity contribution in [3.05, 3.63) is 0 Å². The van der Waals surface area contributed by atoms with Crippen molar-refractivity contribution in [2.24, 2.45) is 10.8 Å². The van der Waals surface area contributed by atoms with Gasteiger partial charge in [-0.2, -0.15) is 0 Å². The van der Waals surface area contributed by atoms with Crippen LogP contribution in [0.25, 0.3) is 0 Å². The molecule has 0 radical (unpaired) electrons. The molecule has 0 bridgehead atoms. The highest BCUT2D eigenvalue weighted by Crippen LogP contribution is 2.55. The van der Waals surface area contributed by atoms with Crippen molar-refractivity contribution in [1.29, 1.82) is 0 Å². The lowest BCUT2D eigenvalue weighted by atomic mass is 9.57. The maximum atomic E-state index is 11.7. The Kier molecular flexibility index (Phi) is 1.95. The first kappa shape index (κ1) is 9.69. The number of hydrogen-bond donors (Lipinski definition) is 0. The van der Waals surface area contributed by atoms with Crippen LogP contribution in [-0.2, 0) is 14.3 Å². The number of esters is 2. The summed E-state index contributed by atoms with van der Waals surface area (Å²) >= 11 is 0. The van der Waals surface area contributed by atoms with Gasteiger partial charge in [-0.1, -0.05) is 26.7 Å². The van der Waals surface area contributed by atoms with Crippen LogP contribution in [0.15, 0.2) is 0 Å². The summed E-state index contributed by atoms with van der Waals surface area (Å²) in [5.74, 6) is -0.628. The van der Waals surface area contributed by atoms with Crippen molar-refractivity contribution < 1.29 is 14.3 Å². The summed E-state index contributed by atoms with van der Waals surface area (Å²) < 4.78 is 4.71. The van der Waals surface area contributed by atoms with E-state index in [1.54, 1.807) is 0 Å². The first-order valence-corrected chi connectivity index (χ1v) is 5.23. The molecule has 1 atom stereocenters. The van der Waals surface area contributed by atoms with Gasteiger partial charge in [0.05, 0.1) is 11.8 Å². The third kappa shape index (κ3) is 1.11. The Balaban J connectivity index is 2.37. The van der Waals surface area contributed by atoms with Crippen molar-refractivity contribution in [3.63, 3.8) is 0 Å². The predicted octanol–water partition coefficient (Wildman–Crippen LogP) is 2.05. The van der Waals surface area contributed by atoms with E-state index in [0.717, 1.165) is 25.7 Å². The van der Waals surface area contributed by atoms with E-state index in [0.29, 0.717) is 6.42 Å². The van der Waals surface area contributed by atoms with Gasteiger partial charge < -0.3 is 4.74 Å². The quantitative estimate of drug-likeness (QED) is 0.440. The van der Waals surface area contributed by atoms with Gasteiger partial charge in [0.15, 0.2) is 0 Å². The summed E-state index contributed by atoms with van der Waals surface area (Å²) in [6, 6.07) is 0. The van der Waals surface area contributed by atoms with Gasteiger partial charge in [0.2, 0.25) is 0 Å². The fraction of sp³-hybridized carbons (Fsp3) is 0.818. The van der Waals surface area contributed by atoms with Crippen LogP contribution in [0, 0.1) is 10.8 Å². The predicted molar refractivity (Wildman–Crippen MR) is 50.4 cm³/mol. The standard InChI is InChI=1S/C11H16O3/c1-10(2)5-3-4-6-11(10)7-8(12)14-9(11)13/h3-7H2,1-2H3. The lowest BCUT2D eigenvalue weighted by Crippen LogP contribution is -2.44. The SMILES string of the molecule is CC1(C)CCCCC12CC(=O)OC2=O. The minimum Gasteiger partial charge on any atom is -0.393 e. The number of carbonyl (C=O) groups excluding carboxylic acids is 2. The Labute approximate surface area is 83.8 Å². The van der Waals surface area contributed by atoms with Gasteiger partial charge in [-0.15, -0.1) is 0 Å². The molecular formula is C11H16O3. The number of ether oxygens (including phenoxy) is 1. The molecule has 0 aromatic carbocycles. The molecule has 14 heavy (non-hydrogen) atoms. The van der Waals surface area contributed by atoms with Crippen LogP contribution in [0.5, 0.6) is 0 Å². The van der Waals surface area contributed by atoms with E-state index in [2.05, 4.69) is 13.8 Å². The summed E-state index contributed by atoms with van der Waals surface area (Å²) in [7, 11) is 0. The maximum absolute atomic E-state index is 11.7. The summed E-state index contributed by atoms with van der Waals surface area (Å²) in [6.45, 7) is 4.15. The molecule has 2 fully saturated rings. The Hall–Kier alpha value is -0.860. The fourth-order valence-electron chi connectivity index (χ4n) is 2.83. The van der Waals surface area contributed by atoms with Crippen LogP contribution >= 0.6 is 0 Å². The number of cyclic esters (lactones) is 2. The van der Waals surface area contributed by atoms with Crippen molar-refractivity contribution in [2.45, 2.75) is 46.0 Å². The maximum Gasteiger partial charge on any atom is 0.320 e. The van der Waals surface area contributed by atoms with Gasteiger partial charge >= 0.3 is 11.9 Å². The van der Waals surface area contributed by atoms with Crippen molar-refractivity contribution in [1.82, 2.24) is 0 Å². The Morgan fingerprint density at radius 2 is 1.79 bits per heavy atom. The molecule has 0 aromatic rings. The highest BCUT2D eigenvalue weighted by atomic mass is 16.6. The van der Waals surface area contributed by atoms with Gasteiger partial charge in [-0.25, -0.2) is 0 Å². The number of hydrogen-bond acceptors (Lipinski definition) is 3. The van der Waals surface area contributed by atoms with E-state index in [-0.39, 0.29) is 17.4 Å². The van der Waals surface area contributed by atoms with E-state index in [1.165, 1.54) is 0 Å². The van der Waals surface area contributed by atoms with Gasteiger partial charge in [-0.3, -0.25) is 9.59 Å². The Morgan fingerprint density at radius 1 is 1.14 bits per heavy atom. The van der Waals surface area contributed by atoms with Crippen molar-refractivity contribution >= 4 is 11.9 Å². The van der Waals surface area contributed by atoms with Crippen LogP contribution < -0.4 is 0 Å². The molecule has 1 spiro atoms. The molecule has 0 aromatic heterocycles. The first-order valence-electron chi connectivity index (χ1n) is 5.23. The second kappa shape index (κ2) is 2.81. The summed E-state index contributed by atoms with van der Waals surface area (Å²) in [6.07, 6.45) is 4.29. The zero-order valence-corrected chi connectivity index (χ0v) is 8.76. The van der Waals surface area contributed by atoms with Crippen molar-refractivity contribution in [3.8, 4) is 0 Å². The second-order valence-corrected chi connectivity index (χ2v) is 5.11. The lowest BCUT2D eigenvalue weighted by Gasteiger charge is -2.44. The minimum absolute atomic E-state index is 0.0888. The average Bonchev–Trinajstić information content (AvgIpc) is 2.35. The van der Waals surface area contributed by atoms with Gasteiger partial charge in [-0.05, 0) is 18.3 Å². The Bertz CT molecular complexity index is 293.